The van der Waals surface area contributed by atoms with E-state index in [1.165, 1.54) is 5.56 Å². The summed E-state index contributed by atoms with van der Waals surface area (Å²) in [5.74, 6) is -0.469. The molecule has 116 valence electrons. The van der Waals surface area contributed by atoms with Gasteiger partial charge >= 0.3 is 5.97 Å². The highest BCUT2D eigenvalue weighted by atomic mass is 35.5. The first-order chi connectivity index (χ1) is 10.4. The number of hydrogen-bond acceptors (Lipinski definition) is 2. The van der Waals surface area contributed by atoms with Crippen molar-refractivity contribution in [1.29, 1.82) is 0 Å². The van der Waals surface area contributed by atoms with Crippen LogP contribution in [0.3, 0.4) is 0 Å². The molecular formula is C18H19ClO3. The van der Waals surface area contributed by atoms with E-state index in [-0.39, 0.29) is 0 Å². The Bertz CT molecular complexity index is 641. The van der Waals surface area contributed by atoms with Crippen molar-refractivity contribution in [2.24, 2.45) is 0 Å². The predicted molar refractivity (Wildman–Crippen MR) is 87.9 cm³/mol. The van der Waals surface area contributed by atoms with Gasteiger partial charge in [0.25, 0.3) is 0 Å². The molecule has 0 saturated carbocycles. The number of halogens is 1. The first kappa shape index (κ1) is 16.4. The van der Waals surface area contributed by atoms with E-state index < -0.39 is 12.1 Å². The Morgan fingerprint density at radius 1 is 1.09 bits per heavy atom. The van der Waals surface area contributed by atoms with Crippen molar-refractivity contribution in [3.63, 3.8) is 0 Å². The number of benzene rings is 2. The molecule has 0 fully saturated rings. The van der Waals surface area contributed by atoms with Gasteiger partial charge in [-0.1, -0.05) is 29.8 Å². The minimum absolute atomic E-state index is 0.318. The van der Waals surface area contributed by atoms with E-state index in [4.69, 9.17) is 16.3 Å². The number of carbonyl (C=O) groups is 1. The molecule has 4 heteroatoms. The van der Waals surface area contributed by atoms with Crippen LogP contribution < -0.4 is 4.74 Å². The van der Waals surface area contributed by atoms with Crippen LogP contribution in [0.4, 0.5) is 0 Å². The Morgan fingerprint density at radius 3 is 2.41 bits per heavy atom. The van der Waals surface area contributed by atoms with Gasteiger partial charge in [-0.15, -0.1) is 0 Å². The number of ether oxygens (including phenoxy) is 1. The molecule has 0 spiro atoms. The Hall–Kier alpha value is -2.00. The minimum Gasteiger partial charge on any atom is -0.478 e. The van der Waals surface area contributed by atoms with Crippen LogP contribution in [-0.2, 0) is 11.2 Å². The van der Waals surface area contributed by atoms with Crippen LogP contribution in [-0.4, -0.2) is 17.2 Å². The fraction of sp³-hybridized carbons (Fsp3) is 0.278. The molecule has 1 atom stereocenters. The maximum Gasteiger partial charge on any atom is 0.345 e. The highest BCUT2D eigenvalue weighted by molar-refractivity contribution is 6.31. The van der Waals surface area contributed by atoms with Gasteiger partial charge in [0.1, 0.15) is 5.75 Å². The second-order valence-corrected chi connectivity index (χ2v) is 5.89. The third kappa shape index (κ3) is 4.01. The Balaban J connectivity index is 2.17. The Kier molecular flexibility index (Phi) is 5.09. The number of carboxylic acids is 1. The van der Waals surface area contributed by atoms with Gasteiger partial charge in [0.2, 0.25) is 0 Å². The largest absolute Gasteiger partial charge is 0.478 e. The van der Waals surface area contributed by atoms with E-state index in [2.05, 4.69) is 0 Å². The molecule has 22 heavy (non-hydrogen) atoms. The van der Waals surface area contributed by atoms with Gasteiger partial charge in [-0.3, -0.25) is 0 Å². The van der Waals surface area contributed by atoms with E-state index in [1.807, 2.05) is 39.0 Å². The van der Waals surface area contributed by atoms with E-state index in [1.54, 1.807) is 18.2 Å². The molecule has 0 saturated heterocycles. The lowest BCUT2D eigenvalue weighted by molar-refractivity contribution is -0.145. The highest BCUT2D eigenvalue weighted by Gasteiger charge is 2.20. The smallest absolute Gasteiger partial charge is 0.345 e. The first-order valence-electron chi connectivity index (χ1n) is 7.08. The van der Waals surface area contributed by atoms with Crippen LogP contribution in [0.15, 0.2) is 36.4 Å². The summed E-state index contributed by atoms with van der Waals surface area (Å²) in [6, 6.07) is 11.1. The number of carboxylic acid groups (broad SMARTS) is 1. The zero-order valence-corrected chi connectivity index (χ0v) is 13.6. The van der Waals surface area contributed by atoms with Crippen molar-refractivity contribution < 1.29 is 14.6 Å². The maximum absolute atomic E-state index is 11.5. The molecule has 1 unspecified atom stereocenters. The third-order valence-electron chi connectivity index (χ3n) is 3.68. The molecule has 3 nitrogen and oxygen atoms in total. The van der Waals surface area contributed by atoms with E-state index >= 15 is 0 Å². The summed E-state index contributed by atoms with van der Waals surface area (Å²) in [5, 5.41) is 10.0. The quantitative estimate of drug-likeness (QED) is 0.892. The monoisotopic (exact) mass is 318 g/mol. The van der Waals surface area contributed by atoms with Crippen LogP contribution in [0.25, 0.3) is 0 Å². The van der Waals surface area contributed by atoms with E-state index in [9.17, 15) is 9.90 Å². The molecule has 0 aliphatic rings. The zero-order chi connectivity index (χ0) is 16.3. The number of rotatable bonds is 5. The second kappa shape index (κ2) is 6.84. The molecule has 0 amide bonds. The van der Waals surface area contributed by atoms with Crippen LogP contribution in [0.2, 0.25) is 5.02 Å². The zero-order valence-electron chi connectivity index (χ0n) is 12.9. The Morgan fingerprint density at radius 2 is 1.82 bits per heavy atom. The van der Waals surface area contributed by atoms with Gasteiger partial charge in [0, 0.05) is 11.4 Å². The average molecular weight is 319 g/mol. The third-order valence-corrected chi connectivity index (χ3v) is 4.10. The fourth-order valence-electron chi connectivity index (χ4n) is 2.18. The highest BCUT2D eigenvalue weighted by Crippen LogP contribution is 2.23. The van der Waals surface area contributed by atoms with E-state index in [0.29, 0.717) is 17.2 Å². The molecule has 0 heterocycles. The lowest BCUT2D eigenvalue weighted by Gasteiger charge is -2.16. The first-order valence-corrected chi connectivity index (χ1v) is 7.46. The maximum atomic E-state index is 11.5. The summed E-state index contributed by atoms with van der Waals surface area (Å²) in [7, 11) is 0. The van der Waals surface area contributed by atoms with Crippen LogP contribution in [0.5, 0.6) is 5.75 Å². The standard InChI is InChI=1S/C18H19ClO3/c1-11-4-5-14(8-12(11)2)10-17(18(20)21)22-15-6-7-16(19)13(3)9-15/h4-9,17H,10H2,1-3H3,(H,20,21). The molecule has 1 N–H and O–H groups in total. The number of hydrogen-bond donors (Lipinski definition) is 1. The molecule has 0 aromatic heterocycles. The average Bonchev–Trinajstić information content (AvgIpc) is 2.46. The van der Waals surface area contributed by atoms with Gasteiger partial charge in [-0.05, 0) is 61.2 Å². The topological polar surface area (TPSA) is 46.5 Å². The molecule has 0 bridgehead atoms. The molecule has 2 aromatic rings. The normalized spacial score (nSPS) is 12.0. The van der Waals surface area contributed by atoms with Crippen LogP contribution in [0, 0.1) is 20.8 Å². The summed E-state index contributed by atoms with van der Waals surface area (Å²) in [6.07, 6.45) is -0.610. The number of aryl methyl sites for hydroxylation is 3. The summed E-state index contributed by atoms with van der Waals surface area (Å²) >= 11 is 5.97. The van der Waals surface area contributed by atoms with Crippen LogP contribution in [0.1, 0.15) is 22.3 Å². The van der Waals surface area contributed by atoms with E-state index in [0.717, 1.165) is 16.7 Å². The molecular weight excluding hydrogens is 300 g/mol. The molecule has 0 radical (unpaired) electrons. The molecule has 0 aliphatic carbocycles. The van der Waals surface area contributed by atoms with Gasteiger partial charge in [0.15, 0.2) is 6.10 Å². The fourth-order valence-corrected chi connectivity index (χ4v) is 2.30. The summed E-state index contributed by atoms with van der Waals surface area (Å²) < 4.78 is 5.63. The van der Waals surface area contributed by atoms with Crippen molar-refractivity contribution in [3.8, 4) is 5.75 Å². The van der Waals surface area contributed by atoms with Gasteiger partial charge < -0.3 is 9.84 Å². The SMILES string of the molecule is Cc1ccc(CC(Oc2ccc(Cl)c(C)c2)C(=O)O)cc1C. The van der Waals surface area contributed by atoms with Gasteiger partial charge in [-0.2, -0.15) is 0 Å². The van der Waals surface area contributed by atoms with Crippen molar-refractivity contribution in [1.82, 2.24) is 0 Å². The lowest BCUT2D eigenvalue weighted by atomic mass is 10.0. The van der Waals surface area contributed by atoms with Crippen LogP contribution >= 0.6 is 11.6 Å². The van der Waals surface area contributed by atoms with Crippen molar-refractivity contribution in [2.45, 2.75) is 33.3 Å². The molecule has 0 aliphatic heterocycles. The Labute approximate surface area is 135 Å². The van der Waals surface area contributed by atoms with Crippen molar-refractivity contribution in [2.75, 3.05) is 0 Å². The lowest BCUT2D eigenvalue weighted by Crippen LogP contribution is -2.29. The van der Waals surface area contributed by atoms with Crippen molar-refractivity contribution >= 4 is 17.6 Å². The molecule has 2 aromatic carbocycles. The van der Waals surface area contributed by atoms with Gasteiger partial charge in [0.05, 0.1) is 0 Å². The minimum atomic E-state index is -0.981. The summed E-state index contributed by atoms with van der Waals surface area (Å²) in [6.45, 7) is 5.90. The van der Waals surface area contributed by atoms with Gasteiger partial charge in [-0.25, -0.2) is 4.79 Å². The molecule has 2 rings (SSSR count). The van der Waals surface area contributed by atoms with Crippen molar-refractivity contribution in [3.05, 3.63) is 63.7 Å². The summed E-state index contributed by atoms with van der Waals surface area (Å²) in [5.41, 5.74) is 4.13. The predicted octanol–water partition coefficient (Wildman–Crippen LogP) is 4.34. The summed E-state index contributed by atoms with van der Waals surface area (Å²) in [4.78, 5) is 11.5. The number of aliphatic carboxylic acids is 1. The second-order valence-electron chi connectivity index (χ2n) is 5.48.